The number of para-hydroxylation sites is 1. The highest BCUT2D eigenvalue weighted by molar-refractivity contribution is 7.80. The molecule has 2 rings (SSSR count). The van der Waals surface area contributed by atoms with E-state index in [2.05, 4.69) is 21.5 Å². The van der Waals surface area contributed by atoms with Crippen LogP contribution in [0.2, 0.25) is 0 Å². The normalized spacial score (nSPS) is 10.0. The molecular formula is C23H28N4O5S. The molecule has 0 aliphatic rings. The van der Waals surface area contributed by atoms with Crippen molar-refractivity contribution >= 4 is 40.7 Å². The van der Waals surface area contributed by atoms with Crippen molar-refractivity contribution in [3.05, 3.63) is 54.1 Å². The van der Waals surface area contributed by atoms with Gasteiger partial charge in [0.2, 0.25) is 11.8 Å². The van der Waals surface area contributed by atoms with Gasteiger partial charge < -0.3 is 14.8 Å². The minimum atomic E-state index is -0.469. The molecule has 0 spiro atoms. The zero-order chi connectivity index (χ0) is 24.1. The lowest BCUT2D eigenvalue weighted by molar-refractivity contribution is -0.124. The Morgan fingerprint density at radius 3 is 2.27 bits per heavy atom. The van der Waals surface area contributed by atoms with Gasteiger partial charge in [0, 0.05) is 18.5 Å². The standard InChI is InChI=1S/C23H28N4O5S/c1-3-15-32-19-8-6-5-7-18(19)22(30)25-23(33)27-26-21(29)14-13-20(28)24-16-9-11-17(12-10-16)31-4-2/h5-12H,3-4,13-15H2,1-2H3,(H,24,28)(H,26,29)(H2,25,27,30,33). The van der Waals surface area contributed by atoms with Gasteiger partial charge in [0.05, 0.1) is 18.8 Å². The zero-order valence-electron chi connectivity index (χ0n) is 18.6. The van der Waals surface area contributed by atoms with Gasteiger partial charge in [-0.25, -0.2) is 0 Å². The molecule has 2 aromatic rings. The topological polar surface area (TPSA) is 118 Å². The number of carbonyl (C=O) groups excluding carboxylic acids is 3. The number of hydrogen-bond acceptors (Lipinski definition) is 6. The third-order valence-electron chi connectivity index (χ3n) is 4.16. The van der Waals surface area contributed by atoms with Crippen LogP contribution in [0.3, 0.4) is 0 Å². The van der Waals surface area contributed by atoms with Gasteiger partial charge in [-0.3, -0.25) is 30.6 Å². The van der Waals surface area contributed by atoms with Crippen molar-refractivity contribution in [1.82, 2.24) is 16.2 Å². The van der Waals surface area contributed by atoms with Crippen LogP contribution in [0.4, 0.5) is 5.69 Å². The fraction of sp³-hybridized carbons (Fsp3) is 0.304. The van der Waals surface area contributed by atoms with Gasteiger partial charge in [-0.05, 0) is 62.0 Å². The summed E-state index contributed by atoms with van der Waals surface area (Å²) in [5.41, 5.74) is 5.74. The van der Waals surface area contributed by atoms with Crippen molar-refractivity contribution in [3.63, 3.8) is 0 Å². The predicted molar refractivity (Wildman–Crippen MR) is 129 cm³/mol. The van der Waals surface area contributed by atoms with Crippen LogP contribution in [0.25, 0.3) is 0 Å². The summed E-state index contributed by atoms with van der Waals surface area (Å²) in [7, 11) is 0. The molecule has 2 aromatic carbocycles. The summed E-state index contributed by atoms with van der Waals surface area (Å²) in [6.45, 7) is 4.89. The van der Waals surface area contributed by atoms with E-state index < -0.39 is 11.8 Å². The lowest BCUT2D eigenvalue weighted by atomic mass is 10.2. The maximum atomic E-state index is 12.4. The molecule has 0 saturated heterocycles. The first-order chi connectivity index (χ1) is 15.9. The Morgan fingerprint density at radius 2 is 1.58 bits per heavy atom. The summed E-state index contributed by atoms with van der Waals surface area (Å²) in [4.78, 5) is 36.5. The molecule has 10 heteroatoms. The Bertz CT molecular complexity index is 966. The molecule has 0 radical (unpaired) electrons. The van der Waals surface area contributed by atoms with E-state index in [0.717, 1.165) is 6.42 Å². The molecule has 0 atom stereocenters. The molecule has 9 nitrogen and oxygen atoms in total. The van der Waals surface area contributed by atoms with Crippen molar-refractivity contribution in [3.8, 4) is 11.5 Å². The lowest BCUT2D eigenvalue weighted by Crippen LogP contribution is -2.48. The van der Waals surface area contributed by atoms with E-state index in [0.29, 0.717) is 36.0 Å². The number of rotatable bonds is 10. The first kappa shape index (κ1) is 25.6. The minimum Gasteiger partial charge on any atom is -0.494 e. The molecule has 176 valence electrons. The van der Waals surface area contributed by atoms with Crippen LogP contribution in [0.15, 0.2) is 48.5 Å². The van der Waals surface area contributed by atoms with Gasteiger partial charge in [0.25, 0.3) is 5.91 Å². The fourth-order valence-electron chi connectivity index (χ4n) is 2.63. The van der Waals surface area contributed by atoms with Crippen LogP contribution >= 0.6 is 12.2 Å². The molecule has 4 N–H and O–H groups in total. The Morgan fingerprint density at radius 1 is 0.879 bits per heavy atom. The third kappa shape index (κ3) is 9.16. The molecule has 0 fully saturated rings. The van der Waals surface area contributed by atoms with E-state index in [4.69, 9.17) is 21.7 Å². The highest BCUT2D eigenvalue weighted by atomic mass is 32.1. The van der Waals surface area contributed by atoms with E-state index in [1.54, 1.807) is 48.5 Å². The number of amides is 3. The summed E-state index contributed by atoms with van der Waals surface area (Å²) in [6, 6.07) is 13.7. The van der Waals surface area contributed by atoms with Crippen molar-refractivity contribution in [2.75, 3.05) is 18.5 Å². The molecule has 0 saturated carbocycles. The molecule has 0 aliphatic carbocycles. The molecule has 0 aromatic heterocycles. The van der Waals surface area contributed by atoms with E-state index in [1.807, 2.05) is 13.8 Å². The van der Waals surface area contributed by atoms with Crippen molar-refractivity contribution in [2.45, 2.75) is 33.1 Å². The van der Waals surface area contributed by atoms with E-state index in [9.17, 15) is 14.4 Å². The van der Waals surface area contributed by atoms with Gasteiger partial charge in [0.15, 0.2) is 5.11 Å². The van der Waals surface area contributed by atoms with Crippen molar-refractivity contribution < 1.29 is 23.9 Å². The average Bonchev–Trinajstić information content (AvgIpc) is 2.81. The van der Waals surface area contributed by atoms with Crippen LogP contribution in [-0.4, -0.2) is 36.0 Å². The van der Waals surface area contributed by atoms with Gasteiger partial charge in [-0.1, -0.05) is 19.1 Å². The van der Waals surface area contributed by atoms with Gasteiger partial charge in [-0.2, -0.15) is 0 Å². The number of nitrogens with one attached hydrogen (secondary N) is 4. The maximum absolute atomic E-state index is 12.4. The molecular weight excluding hydrogens is 444 g/mol. The van der Waals surface area contributed by atoms with Crippen molar-refractivity contribution in [2.24, 2.45) is 0 Å². The number of benzene rings is 2. The first-order valence-corrected chi connectivity index (χ1v) is 11.0. The SMILES string of the molecule is CCCOc1ccccc1C(=O)NC(=S)NNC(=O)CCC(=O)Nc1ccc(OCC)cc1. The highest BCUT2D eigenvalue weighted by Gasteiger charge is 2.14. The highest BCUT2D eigenvalue weighted by Crippen LogP contribution is 2.18. The predicted octanol–water partition coefficient (Wildman–Crippen LogP) is 2.93. The molecule has 3 amide bonds. The largest absolute Gasteiger partial charge is 0.494 e. The van der Waals surface area contributed by atoms with Gasteiger partial charge in [0.1, 0.15) is 11.5 Å². The van der Waals surface area contributed by atoms with E-state index in [-0.39, 0.29) is 23.9 Å². The monoisotopic (exact) mass is 472 g/mol. The Balaban J connectivity index is 1.72. The molecule has 0 bridgehead atoms. The fourth-order valence-corrected chi connectivity index (χ4v) is 2.78. The smallest absolute Gasteiger partial charge is 0.261 e. The Labute approximate surface area is 198 Å². The van der Waals surface area contributed by atoms with Gasteiger partial charge >= 0.3 is 0 Å². The lowest BCUT2D eigenvalue weighted by Gasteiger charge is -2.13. The number of carbonyl (C=O) groups is 3. The summed E-state index contributed by atoms with van der Waals surface area (Å²) < 4.78 is 10.9. The average molecular weight is 473 g/mol. The Kier molecular flexibility index (Phi) is 10.6. The quantitative estimate of drug-likeness (QED) is 0.310. The van der Waals surface area contributed by atoms with Gasteiger partial charge in [-0.15, -0.1) is 0 Å². The zero-order valence-corrected chi connectivity index (χ0v) is 19.4. The van der Waals surface area contributed by atoms with Crippen LogP contribution in [0.5, 0.6) is 11.5 Å². The first-order valence-electron chi connectivity index (χ1n) is 10.6. The molecule has 0 unspecified atom stereocenters. The molecule has 0 heterocycles. The van der Waals surface area contributed by atoms with E-state index in [1.165, 1.54) is 0 Å². The van der Waals surface area contributed by atoms with Crippen LogP contribution < -0.4 is 31.0 Å². The second-order valence-electron chi connectivity index (χ2n) is 6.81. The summed E-state index contributed by atoms with van der Waals surface area (Å²) >= 11 is 5.04. The van der Waals surface area contributed by atoms with Crippen molar-refractivity contribution in [1.29, 1.82) is 0 Å². The summed E-state index contributed by atoms with van der Waals surface area (Å²) in [5, 5.41) is 5.10. The number of thiocarbonyl (C=S) groups is 1. The summed E-state index contributed by atoms with van der Waals surface area (Å²) in [6.07, 6.45) is 0.711. The third-order valence-corrected chi connectivity index (χ3v) is 4.37. The molecule has 0 aliphatic heterocycles. The number of hydrazine groups is 1. The number of hydrogen-bond donors (Lipinski definition) is 4. The second-order valence-corrected chi connectivity index (χ2v) is 7.21. The Hall–Kier alpha value is -3.66. The minimum absolute atomic E-state index is 0.0258. The number of ether oxygens (including phenoxy) is 2. The van der Waals surface area contributed by atoms with Crippen LogP contribution in [0, 0.1) is 0 Å². The maximum Gasteiger partial charge on any atom is 0.261 e. The summed E-state index contributed by atoms with van der Waals surface area (Å²) in [5.74, 6) is -0.0830. The van der Waals surface area contributed by atoms with E-state index >= 15 is 0 Å². The van der Waals surface area contributed by atoms with Crippen LogP contribution in [-0.2, 0) is 9.59 Å². The number of anilines is 1. The second kappa shape index (κ2) is 13.7. The molecule has 33 heavy (non-hydrogen) atoms. The van der Waals surface area contributed by atoms with Crippen LogP contribution in [0.1, 0.15) is 43.5 Å².